The minimum absolute atomic E-state index is 0.392. The van der Waals surface area contributed by atoms with Gasteiger partial charge in [0.05, 0.1) is 19.1 Å². The molecule has 2 aromatic carbocycles. The normalized spacial score (nSPS) is 12.3. The maximum Gasteiger partial charge on any atom is 0.247 e. The van der Waals surface area contributed by atoms with Gasteiger partial charge in [-0.15, -0.1) is 0 Å². The summed E-state index contributed by atoms with van der Waals surface area (Å²) in [5.41, 5.74) is 1.96. The predicted octanol–water partition coefficient (Wildman–Crippen LogP) is 3.56. The van der Waals surface area contributed by atoms with Crippen LogP contribution in [0.25, 0.3) is 0 Å². The molecule has 0 spiro atoms. The average Bonchev–Trinajstić information content (AvgIpc) is 2.57. The molecule has 140 valence electrons. The van der Waals surface area contributed by atoms with Gasteiger partial charge in [0, 0.05) is 10.2 Å². The Kier molecular flexibility index (Phi) is 6.30. The summed E-state index contributed by atoms with van der Waals surface area (Å²) in [4.78, 5) is 12.6. The molecule has 8 heteroatoms. The average molecular weight is 441 g/mol. The molecule has 1 N–H and O–H groups in total. The molecule has 1 atom stereocenters. The van der Waals surface area contributed by atoms with Gasteiger partial charge in [-0.3, -0.25) is 9.10 Å². The Labute approximate surface area is 162 Å². The molecule has 0 unspecified atom stereocenters. The summed E-state index contributed by atoms with van der Waals surface area (Å²) < 4.78 is 31.7. The predicted molar refractivity (Wildman–Crippen MR) is 107 cm³/mol. The maximum atomic E-state index is 12.6. The molecule has 0 radical (unpaired) electrons. The van der Waals surface area contributed by atoms with E-state index in [4.69, 9.17) is 4.74 Å². The third-order valence-electron chi connectivity index (χ3n) is 3.84. The van der Waals surface area contributed by atoms with E-state index in [2.05, 4.69) is 21.2 Å². The highest BCUT2D eigenvalue weighted by molar-refractivity contribution is 9.10. The lowest BCUT2D eigenvalue weighted by atomic mass is 10.2. The van der Waals surface area contributed by atoms with E-state index in [1.807, 2.05) is 19.1 Å². The second kappa shape index (κ2) is 8.09. The monoisotopic (exact) mass is 440 g/mol. The van der Waals surface area contributed by atoms with Crippen molar-refractivity contribution >= 4 is 43.2 Å². The SMILES string of the molecule is COc1ccc(N([C@H](C)C(=O)Nc2ccc(Br)c(C)c2)S(C)(=O)=O)cc1. The van der Waals surface area contributed by atoms with Crippen LogP contribution in [-0.4, -0.2) is 33.7 Å². The van der Waals surface area contributed by atoms with Crippen molar-refractivity contribution in [3.8, 4) is 5.75 Å². The Balaban J connectivity index is 2.29. The maximum absolute atomic E-state index is 12.6. The molecule has 1 amide bonds. The number of rotatable bonds is 6. The molecule has 0 heterocycles. The third-order valence-corrected chi connectivity index (χ3v) is 5.97. The highest BCUT2D eigenvalue weighted by Gasteiger charge is 2.29. The van der Waals surface area contributed by atoms with Crippen LogP contribution in [0.2, 0.25) is 0 Å². The van der Waals surface area contributed by atoms with E-state index in [9.17, 15) is 13.2 Å². The van der Waals surface area contributed by atoms with Crippen LogP contribution in [0.5, 0.6) is 5.75 Å². The van der Waals surface area contributed by atoms with Gasteiger partial charge < -0.3 is 10.1 Å². The van der Waals surface area contributed by atoms with Gasteiger partial charge in [0.2, 0.25) is 15.9 Å². The number of sulfonamides is 1. The fourth-order valence-corrected chi connectivity index (χ4v) is 3.93. The Morgan fingerprint density at radius 3 is 2.31 bits per heavy atom. The summed E-state index contributed by atoms with van der Waals surface area (Å²) in [6.07, 6.45) is 1.07. The number of benzene rings is 2. The molecule has 2 rings (SSSR count). The van der Waals surface area contributed by atoms with Crippen molar-refractivity contribution in [3.63, 3.8) is 0 Å². The van der Waals surface area contributed by atoms with Crippen molar-refractivity contribution in [2.45, 2.75) is 19.9 Å². The Bertz CT molecular complexity index is 898. The topological polar surface area (TPSA) is 75.7 Å². The molecule has 0 saturated heterocycles. The van der Waals surface area contributed by atoms with E-state index >= 15 is 0 Å². The second-order valence-electron chi connectivity index (χ2n) is 5.89. The van der Waals surface area contributed by atoms with Crippen molar-refractivity contribution in [3.05, 3.63) is 52.5 Å². The van der Waals surface area contributed by atoms with Gasteiger partial charge in [-0.25, -0.2) is 8.42 Å². The fourth-order valence-electron chi connectivity index (χ4n) is 2.51. The molecule has 0 aliphatic carbocycles. The fraction of sp³-hybridized carbons (Fsp3) is 0.278. The van der Waals surface area contributed by atoms with Crippen molar-refractivity contribution < 1.29 is 17.9 Å². The first kappa shape index (κ1) is 20.3. The van der Waals surface area contributed by atoms with Crippen molar-refractivity contribution in [1.82, 2.24) is 0 Å². The van der Waals surface area contributed by atoms with Gasteiger partial charge in [-0.1, -0.05) is 15.9 Å². The minimum Gasteiger partial charge on any atom is -0.497 e. The minimum atomic E-state index is -3.66. The van der Waals surface area contributed by atoms with Gasteiger partial charge in [0.1, 0.15) is 11.8 Å². The van der Waals surface area contributed by atoms with Crippen LogP contribution < -0.4 is 14.4 Å². The molecule has 26 heavy (non-hydrogen) atoms. The van der Waals surface area contributed by atoms with Crippen molar-refractivity contribution in [1.29, 1.82) is 0 Å². The van der Waals surface area contributed by atoms with Gasteiger partial charge >= 0.3 is 0 Å². The number of halogens is 1. The lowest BCUT2D eigenvalue weighted by Crippen LogP contribution is -2.45. The van der Waals surface area contributed by atoms with Crippen molar-refractivity contribution in [2.24, 2.45) is 0 Å². The number of hydrogen-bond donors (Lipinski definition) is 1. The van der Waals surface area contributed by atoms with Gasteiger partial charge in [-0.05, 0) is 61.9 Å². The summed E-state index contributed by atoms with van der Waals surface area (Å²) in [6.45, 7) is 3.45. The van der Waals surface area contributed by atoms with E-state index in [1.165, 1.54) is 7.11 Å². The van der Waals surface area contributed by atoms with Gasteiger partial charge in [-0.2, -0.15) is 0 Å². The molecule has 0 bridgehead atoms. The number of anilines is 2. The van der Waals surface area contributed by atoms with Crippen LogP contribution in [0.4, 0.5) is 11.4 Å². The number of amides is 1. The van der Waals surface area contributed by atoms with E-state index < -0.39 is 22.0 Å². The number of carbonyl (C=O) groups excluding carboxylic acids is 1. The summed E-state index contributed by atoms with van der Waals surface area (Å²) in [6, 6.07) is 11.0. The number of nitrogens with one attached hydrogen (secondary N) is 1. The van der Waals surface area contributed by atoms with Crippen LogP contribution >= 0.6 is 15.9 Å². The molecule has 0 aliphatic heterocycles. The Hall–Kier alpha value is -2.06. The molecule has 0 fully saturated rings. The number of carbonyl (C=O) groups is 1. The molecular formula is C18H21BrN2O4S. The number of methoxy groups -OCH3 is 1. The first-order valence-electron chi connectivity index (χ1n) is 7.84. The molecule has 6 nitrogen and oxygen atoms in total. The summed E-state index contributed by atoms with van der Waals surface area (Å²) in [5, 5.41) is 2.76. The van der Waals surface area contributed by atoms with Gasteiger partial charge in [0.15, 0.2) is 0 Å². The number of nitrogens with zero attached hydrogens (tertiary/aromatic N) is 1. The van der Waals surface area contributed by atoms with Crippen LogP contribution in [0.3, 0.4) is 0 Å². The van der Waals surface area contributed by atoms with Crippen LogP contribution in [0.15, 0.2) is 46.9 Å². The number of aryl methyl sites for hydroxylation is 1. The molecule has 0 aromatic heterocycles. The third kappa shape index (κ3) is 4.76. The van der Waals surface area contributed by atoms with E-state index in [1.54, 1.807) is 37.3 Å². The zero-order chi connectivity index (χ0) is 19.5. The standard InChI is InChI=1S/C18H21BrN2O4S/c1-12-11-14(5-10-17(12)19)20-18(22)13(2)21(26(4,23)24)15-6-8-16(25-3)9-7-15/h5-11,13H,1-4H3,(H,20,22)/t13-/m1/s1. The quantitative estimate of drug-likeness (QED) is 0.744. The molecule has 0 saturated carbocycles. The molecular weight excluding hydrogens is 420 g/mol. The zero-order valence-electron chi connectivity index (χ0n) is 15.0. The largest absolute Gasteiger partial charge is 0.497 e. The lowest BCUT2D eigenvalue weighted by molar-refractivity contribution is -0.116. The van der Waals surface area contributed by atoms with E-state index in [-0.39, 0.29) is 0 Å². The van der Waals surface area contributed by atoms with Crippen LogP contribution in [-0.2, 0) is 14.8 Å². The summed E-state index contributed by atoms with van der Waals surface area (Å²) in [5.74, 6) is 0.178. The zero-order valence-corrected chi connectivity index (χ0v) is 17.4. The number of hydrogen-bond acceptors (Lipinski definition) is 4. The van der Waals surface area contributed by atoms with Gasteiger partial charge in [0.25, 0.3) is 0 Å². The molecule has 0 aliphatic rings. The molecule has 2 aromatic rings. The highest BCUT2D eigenvalue weighted by atomic mass is 79.9. The second-order valence-corrected chi connectivity index (χ2v) is 8.60. The highest BCUT2D eigenvalue weighted by Crippen LogP contribution is 2.25. The Morgan fingerprint density at radius 2 is 1.81 bits per heavy atom. The van der Waals surface area contributed by atoms with Crippen molar-refractivity contribution in [2.75, 3.05) is 23.0 Å². The first-order valence-corrected chi connectivity index (χ1v) is 10.5. The lowest BCUT2D eigenvalue weighted by Gasteiger charge is -2.28. The first-order chi connectivity index (χ1) is 12.1. The summed E-state index contributed by atoms with van der Waals surface area (Å²) >= 11 is 3.41. The van der Waals surface area contributed by atoms with E-state index in [0.29, 0.717) is 17.1 Å². The number of ether oxygens (including phenoxy) is 1. The van der Waals surface area contributed by atoms with Crippen LogP contribution in [0, 0.1) is 6.92 Å². The van der Waals surface area contributed by atoms with E-state index in [0.717, 1.165) is 20.6 Å². The van der Waals surface area contributed by atoms with Crippen LogP contribution in [0.1, 0.15) is 12.5 Å². The smallest absolute Gasteiger partial charge is 0.247 e. The summed E-state index contributed by atoms with van der Waals surface area (Å²) in [7, 11) is -2.14. The Morgan fingerprint density at radius 1 is 1.19 bits per heavy atom.